The van der Waals surface area contributed by atoms with Gasteiger partial charge in [-0.05, 0) is 31.4 Å². The van der Waals surface area contributed by atoms with Crippen molar-refractivity contribution in [3.8, 4) is 0 Å². The summed E-state index contributed by atoms with van der Waals surface area (Å²) in [6, 6.07) is 7.71. The SMILES string of the molecule is CCCC(N)CC(=O)NC(C)Cc1ccccc1Cl. The zero-order chi connectivity index (χ0) is 14.3. The first-order chi connectivity index (χ1) is 9.02. The Morgan fingerprint density at radius 1 is 1.42 bits per heavy atom. The van der Waals surface area contributed by atoms with Gasteiger partial charge in [-0.15, -0.1) is 0 Å². The molecule has 2 atom stereocenters. The van der Waals surface area contributed by atoms with Gasteiger partial charge in [0.1, 0.15) is 0 Å². The Balaban J connectivity index is 2.41. The second-order valence-electron chi connectivity index (χ2n) is 5.02. The number of rotatable bonds is 7. The van der Waals surface area contributed by atoms with Crippen LogP contribution in [-0.4, -0.2) is 18.0 Å². The Kier molecular flexibility index (Phi) is 6.89. The second kappa shape index (κ2) is 8.18. The van der Waals surface area contributed by atoms with Gasteiger partial charge < -0.3 is 11.1 Å². The summed E-state index contributed by atoms with van der Waals surface area (Å²) >= 11 is 6.10. The van der Waals surface area contributed by atoms with Crippen LogP contribution in [0.2, 0.25) is 5.02 Å². The third-order valence-corrected chi connectivity index (χ3v) is 3.37. The molecule has 0 aliphatic heterocycles. The van der Waals surface area contributed by atoms with E-state index in [0.29, 0.717) is 6.42 Å². The fraction of sp³-hybridized carbons (Fsp3) is 0.533. The first kappa shape index (κ1) is 16.0. The number of nitrogens with one attached hydrogen (secondary N) is 1. The van der Waals surface area contributed by atoms with Gasteiger partial charge >= 0.3 is 0 Å². The lowest BCUT2D eigenvalue weighted by atomic mass is 10.1. The smallest absolute Gasteiger partial charge is 0.221 e. The third-order valence-electron chi connectivity index (χ3n) is 3.00. The van der Waals surface area contributed by atoms with Crippen LogP contribution < -0.4 is 11.1 Å². The van der Waals surface area contributed by atoms with Gasteiger partial charge in [-0.1, -0.05) is 43.1 Å². The van der Waals surface area contributed by atoms with Crippen molar-refractivity contribution in [3.63, 3.8) is 0 Å². The van der Waals surface area contributed by atoms with Crippen LogP contribution >= 0.6 is 11.6 Å². The number of carbonyl (C=O) groups is 1. The third kappa shape index (κ3) is 6.08. The van der Waals surface area contributed by atoms with Crippen molar-refractivity contribution in [1.82, 2.24) is 5.32 Å². The van der Waals surface area contributed by atoms with Crippen molar-refractivity contribution in [2.24, 2.45) is 5.73 Å². The molecule has 0 spiro atoms. The minimum absolute atomic E-state index is 0.0144. The van der Waals surface area contributed by atoms with Crippen molar-refractivity contribution < 1.29 is 4.79 Å². The molecule has 4 heteroatoms. The predicted molar refractivity (Wildman–Crippen MR) is 80.3 cm³/mol. The topological polar surface area (TPSA) is 55.1 Å². The number of amides is 1. The molecule has 0 saturated heterocycles. The first-order valence-electron chi connectivity index (χ1n) is 6.81. The van der Waals surface area contributed by atoms with Crippen molar-refractivity contribution in [2.75, 3.05) is 0 Å². The molecular formula is C15H23ClN2O. The Labute approximate surface area is 120 Å². The van der Waals surface area contributed by atoms with Gasteiger partial charge in [0.25, 0.3) is 0 Å². The lowest BCUT2D eigenvalue weighted by Gasteiger charge is -2.16. The number of benzene rings is 1. The van der Waals surface area contributed by atoms with Crippen molar-refractivity contribution in [1.29, 1.82) is 0 Å². The van der Waals surface area contributed by atoms with Crippen LogP contribution in [0.15, 0.2) is 24.3 Å². The van der Waals surface area contributed by atoms with Gasteiger partial charge in [0.15, 0.2) is 0 Å². The summed E-state index contributed by atoms with van der Waals surface area (Å²) in [5.74, 6) is 0.0144. The summed E-state index contributed by atoms with van der Waals surface area (Å²) in [7, 11) is 0. The molecule has 0 bridgehead atoms. The highest BCUT2D eigenvalue weighted by Gasteiger charge is 2.12. The zero-order valence-electron chi connectivity index (χ0n) is 11.7. The fourth-order valence-corrected chi connectivity index (χ4v) is 2.30. The molecule has 3 nitrogen and oxygen atoms in total. The van der Waals surface area contributed by atoms with Crippen LogP contribution in [0.1, 0.15) is 38.7 Å². The number of hydrogen-bond donors (Lipinski definition) is 2. The molecule has 19 heavy (non-hydrogen) atoms. The molecule has 1 rings (SSSR count). The molecule has 0 aliphatic carbocycles. The van der Waals surface area contributed by atoms with E-state index in [1.54, 1.807) is 0 Å². The molecule has 0 aliphatic rings. The van der Waals surface area contributed by atoms with E-state index < -0.39 is 0 Å². The molecule has 0 fully saturated rings. The summed E-state index contributed by atoms with van der Waals surface area (Å²) in [4.78, 5) is 11.8. The van der Waals surface area contributed by atoms with E-state index in [0.717, 1.165) is 29.8 Å². The summed E-state index contributed by atoms with van der Waals surface area (Å²) in [5, 5.41) is 3.71. The standard InChI is InChI=1S/C15H23ClN2O/c1-3-6-13(17)10-15(19)18-11(2)9-12-7-4-5-8-14(12)16/h4-5,7-8,11,13H,3,6,9-10,17H2,1-2H3,(H,18,19). The molecule has 0 aromatic heterocycles. The molecule has 0 radical (unpaired) electrons. The number of hydrogen-bond acceptors (Lipinski definition) is 2. The van der Waals surface area contributed by atoms with Crippen LogP contribution in [0.3, 0.4) is 0 Å². The summed E-state index contributed by atoms with van der Waals surface area (Å²) in [6.45, 7) is 4.05. The number of carbonyl (C=O) groups excluding carboxylic acids is 1. The average Bonchev–Trinajstić information content (AvgIpc) is 2.31. The van der Waals surface area contributed by atoms with Gasteiger partial charge in [0.2, 0.25) is 5.91 Å². The average molecular weight is 283 g/mol. The Morgan fingerprint density at radius 2 is 2.11 bits per heavy atom. The lowest BCUT2D eigenvalue weighted by Crippen LogP contribution is -2.37. The largest absolute Gasteiger partial charge is 0.353 e. The Hall–Kier alpha value is -1.06. The summed E-state index contributed by atoms with van der Waals surface area (Å²) in [6.07, 6.45) is 3.01. The second-order valence-corrected chi connectivity index (χ2v) is 5.42. The lowest BCUT2D eigenvalue weighted by molar-refractivity contribution is -0.122. The van der Waals surface area contributed by atoms with E-state index in [4.69, 9.17) is 17.3 Å². The maximum atomic E-state index is 11.8. The quantitative estimate of drug-likeness (QED) is 0.808. The fourth-order valence-electron chi connectivity index (χ4n) is 2.09. The highest BCUT2D eigenvalue weighted by Crippen LogP contribution is 2.16. The molecule has 0 heterocycles. The van der Waals surface area contributed by atoms with Crippen molar-refractivity contribution in [2.45, 2.75) is 51.6 Å². The van der Waals surface area contributed by atoms with Gasteiger partial charge in [0, 0.05) is 23.5 Å². The van der Waals surface area contributed by atoms with Gasteiger partial charge in [-0.3, -0.25) is 4.79 Å². The number of nitrogens with two attached hydrogens (primary N) is 1. The normalized spacial score (nSPS) is 13.9. The monoisotopic (exact) mass is 282 g/mol. The molecule has 1 aromatic rings. The first-order valence-corrected chi connectivity index (χ1v) is 7.19. The van der Waals surface area contributed by atoms with Crippen molar-refractivity contribution >= 4 is 17.5 Å². The van der Waals surface area contributed by atoms with Crippen molar-refractivity contribution in [3.05, 3.63) is 34.9 Å². The molecular weight excluding hydrogens is 260 g/mol. The Morgan fingerprint density at radius 3 is 2.74 bits per heavy atom. The zero-order valence-corrected chi connectivity index (χ0v) is 12.4. The van der Waals surface area contributed by atoms with E-state index >= 15 is 0 Å². The van der Waals surface area contributed by atoms with Crippen LogP contribution in [0.4, 0.5) is 0 Å². The van der Waals surface area contributed by atoms with Crippen LogP contribution in [0.25, 0.3) is 0 Å². The van der Waals surface area contributed by atoms with E-state index in [1.807, 2.05) is 31.2 Å². The van der Waals surface area contributed by atoms with E-state index in [2.05, 4.69) is 12.2 Å². The minimum Gasteiger partial charge on any atom is -0.353 e. The van der Waals surface area contributed by atoms with Crippen LogP contribution in [0, 0.1) is 0 Å². The van der Waals surface area contributed by atoms with E-state index in [1.165, 1.54) is 0 Å². The molecule has 1 amide bonds. The molecule has 106 valence electrons. The highest BCUT2D eigenvalue weighted by atomic mass is 35.5. The van der Waals surface area contributed by atoms with Gasteiger partial charge in [-0.2, -0.15) is 0 Å². The highest BCUT2D eigenvalue weighted by molar-refractivity contribution is 6.31. The van der Waals surface area contributed by atoms with E-state index in [9.17, 15) is 4.79 Å². The van der Waals surface area contributed by atoms with E-state index in [-0.39, 0.29) is 18.0 Å². The molecule has 0 saturated carbocycles. The minimum atomic E-state index is -0.0440. The molecule has 2 unspecified atom stereocenters. The van der Waals surface area contributed by atoms with Gasteiger partial charge in [0.05, 0.1) is 0 Å². The molecule has 1 aromatic carbocycles. The Bertz CT molecular complexity index is 409. The molecule has 3 N–H and O–H groups in total. The van der Waals surface area contributed by atoms with Crippen LogP contribution in [-0.2, 0) is 11.2 Å². The maximum absolute atomic E-state index is 11.8. The number of halogens is 1. The van der Waals surface area contributed by atoms with Gasteiger partial charge in [-0.25, -0.2) is 0 Å². The summed E-state index contributed by atoms with van der Waals surface area (Å²) in [5.41, 5.74) is 6.91. The summed E-state index contributed by atoms with van der Waals surface area (Å²) < 4.78 is 0. The maximum Gasteiger partial charge on any atom is 0.221 e. The van der Waals surface area contributed by atoms with Crippen LogP contribution in [0.5, 0.6) is 0 Å². The predicted octanol–water partition coefficient (Wildman–Crippen LogP) is 2.90.